The summed E-state index contributed by atoms with van der Waals surface area (Å²) >= 11 is 0. The number of nitrogens with one attached hydrogen (secondary N) is 2. The van der Waals surface area contributed by atoms with Crippen molar-refractivity contribution in [3.8, 4) is 5.75 Å². The molecular formula is C12H15N3O6. The molecule has 21 heavy (non-hydrogen) atoms. The van der Waals surface area contributed by atoms with Gasteiger partial charge in [-0.05, 0) is 12.1 Å². The summed E-state index contributed by atoms with van der Waals surface area (Å²) in [5.41, 5.74) is -0.310. The number of carboxylic acid groups (broad SMARTS) is 1. The van der Waals surface area contributed by atoms with Crippen molar-refractivity contribution in [2.75, 3.05) is 26.9 Å². The molecule has 1 aromatic rings. The van der Waals surface area contributed by atoms with Gasteiger partial charge in [0.25, 0.3) is 5.91 Å². The number of imide groups is 1. The fraction of sp³-hybridized carbons (Fsp3) is 0.333. The lowest BCUT2D eigenvalue weighted by molar-refractivity contribution is -0.122. The van der Waals surface area contributed by atoms with Crippen LogP contribution in [0.3, 0.4) is 0 Å². The van der Waals surface area contributed by atoms with Gasteiger partial charge in [-0.2, -0.15) is 0 Å². The highest BCUT2D eigenvalue weighted by atomic mass is 16.5. The van der Waals surface area contributed by atoms with Crippen LogP contribution in [0.2, 0.25) is 0 Å². The predicted octanol–water partition coefficient (Wildman–Crippen LogP) is -0.369. The highest BCUT2D eigenvalue weighted by molar-refractivity contribution is 5.95. The van der Waals surface area contributed by atoms with Gasteiger partial charge in [-0.3, -0.25) is 10.1 Å². The fourth-order valence-corrected chi connectivity index (χ4v) is 1.28. The van der Waals surface area contributed by atoms with E-state index in [0.29, 0.717) is 6.61 Å². The number of ether oxygens (including phenoxy) is 2. The molecule has 9 heteroatoms. The number of rotatable bonds is 7. The number of carbonyl (C=O) groups is 3. The summed E-state index contributed by atoms with van der Waals surface area (Å²) in [6, 6.07) is 2.14. The Labute approximate surface area is 120 Å². The molecule has 0 aliphatic heterocycles. The maximum Gasteiger partial charge on any atom is 0.358 e. The average molecular weight is 297 g/mol. The molecular weight excluding hydrogens is 282 g/mol. The Morgan fingerprint density at radius 1 is 1.38 bits per heavy atom. The van der Waals surface area contributed by atoms with Crippen molar-refractivity contribution in [3.63, 3.8) is 0 Å². The Balaban J connectivity index is 2.43. The molecule has 0 atom stereocenters. The molecule has 114 valence electrons. The molecule has 9 nitrogen and oxygen atoms in total. The second kappa shape index (κ2) is 8.48. The maximum absolute atomic E-state index is 11.4. The minimum absolute atomic E-state index is 0.0556. The normalized spacial score (nSPS) is 9.76. The van der Waals surface area contributed by atoms with E-state index < -0.39 is 24.5 Å². The molecule has 0 fully saturated rings. The highest BCUT2D eigenvalue weighted by Gasteiger charge is 2.14. The zero-order valence-corrected chi connectivity index (χ0v) is 11.3. The Morgan fingerprint density at radius 3 is 2.81 bits per heavy atom. The number of urea groups is 1. The van der Waals surface area contributed by atoms with Crippen molar-refractivity contribution in [2.45, 2.75) is 0 Å². The highest BCUT2D eigenvalue weighted by Crippen LogP contribution is 2.14. The second-order valence-electron chi connectivity index (χ2n) is 3.74. The van der Waals surface area contributed by atoms with Crippen LogP contribution in [0.5, 0.6) is 5.75 Å². The van der Waals surface area contributed by atoms with E-state index in [0.717, 1.165) is 0 Å². The third-order valence-electron chi connectivity index (χ3n) is 2.18. The van der Waals surface area contributed by atoms with Crippen LogP contribution >= 0.6 is 0 Å². The van der Waals surface area contributed by atoms with Crippen LogP contribution in [0.25, 0.3) is 0 Å². The van der Waals surface area contributed by atoms with E-state index in [9.17, 15) is 14.4 Å². The summed E-state index contributed by atoms with van der Waals surface area (Å²) in [4.78, 5) is 37.2. The summed E-state index contributed by atoms with van der Waals surface area (Å²) in [5, 5.41) is 13.3. The monoisotopic (exact) mass is 297 g/mol. The summed E-state index contributed by atoms with van der Waals surface area (Å²) in [5.74, 6) is -2.05. The topological polar surface area (TPSA) is 127 Å². The van der Waals surface area contributed by atoms with Crippen LogP contribution in [-0.2, 0) is 9.53 Å². The SMILES string of the molecule is COCCNC(=O)NC(=O)COc1cccnc1C(=O)O. The molecule has 0 radical (unpaired) electrons. The smallest absolute Gasteiger partial charge is 0.358 e. The van der Waals surface area contributed by atoms with Gasteiger partial charge < -0.3 is 19.9 Å². The predicted molar refractivity (Wildman–Crippen MR) is 70.1 cm³/mol. The summed E-state index contributed by atoms with van der Waals surface area (Å²) in [7, 11) is 1.48. The molecule has 0 spiro atoms. The number of pyridine rings is 1. The first kappa shape index (κ1) is 16.4. The molecule has 0 unspecified atom stereocenters. The Bertz CT molecular complexity index is 519. The van der Waals surface area contributed by atoms with Crippen molar-refractivity contribution in [1.82, 2.24) is 15.6 Å². The zero-order valence-electron chi connectivity index (χ0n) is 11.3. The van der Waals surface area contributed by atoms with Gasteiger partial charge in [0, 0.05) is 19.9 Å². The van der Waals surface area contributed by atoms with Gasteiger partial charge in [-0.25, -0.2) is 14.6 Å². The van der Waals surface area contributed by atoms with Gasteiger partial charge in [-0.1, -0.05) is 0 Å². The van der Waals surface area contributed by atoms with E-state index in [1.165, 1.54) is 25.4 Å². The number of carboxylic acids is 1. The lowest BCUT2D eigenvalue weighted by atomic mass is 10.3. The number of aromatic nitrogens is 1. The third-order valence-corrected chi connectivity index (χ3v) is 2.18. The van der Waals surface area contributed by atoms with Crippen molar-refractivity contribution in [1.29, 1.82) is 0 Å². The van der Waals surface area contributed by atoms with Gasteiger partial charge in [0.2, 0.25) is 0 Å². The number of aromatic carboxylic acids is 1. The van der Waals surface area contributed by atoms with Gasteiger partial charge in [0.1, 0.15) is 0 Å². The van der Waals surface area contributed by atoms with Crippen molar-refractivity contribution in [3.05, 3.63) is 24.0 Å². The molecule has 1 aromatic heterocycles. The van der Waals surface area contributed by atoms with E-state index in [1.807, 2.05) is 5.32 Å². The van der Waals surface area contributed by atoms with Crippen molar-refractivity contribution < 1.29 is 29.0 Å². The number of nitrogens with zero attached hydrogens (tertiary/aromatic N) is 1. The lowest BCUT2D eigenvalue weighted by Gasteiger charge is -2.09. The largest absolute Gasteiger partial charge is 0.481 e. The van der Waals surface area contributed by atoms with Gasteiger partial charge in [-0.15, -0.1) is 0 Å². The number of hydrogen-bond acceptors (Lipinski definition) is 6. The van der Waals surface area contributed by atoms with Crippen molar-refractivity contribution in [2.24, 2.45) is 0 Å². The maximum atomic E-state index is 11.4. The van der Waals surface area contributed by atoms with Crippen LogP contribution in [0.1, 0.15) is 10.5 Å². The Hall–Kier alpha value is -2.68. The van der Waals surface area contributed by atoms with Crippen LogP contribution in [0.15, 0.2) is 18.3 Å². The van der Waals surface area contributed by atoms with E-state index in [2.05, 4.69) is 10.3 Å². The van der Waals surface area contributed by atoms with E-state index in [-0.39, 0.29) is 18.0 Å². The molecule has 0 saturated heterocycles. The summed E-state index contributed by atoms with van der Waals surface area (Å²) in [6.45, 7) is 0.0572. The molecule has 1 heterocycles. The van der Waals surface area contributed by atoms with Crippen LogP contribution in [0.4, 0.5) is 4.79 Å². The molecule has 0 saturated carbocycles. The molecule has 0 bridgehead atoms. The third kappa shape index (κ3) is 5.87. The second-order valence-corrected chi connectivity index (χ2v) is 3.74. The standard InChI is InChI=1S/C12H15N3O6/c1-20-6-5-14-12(19)15-9(16)7-21-8-3-2-4-13-10(8)11(17)18/h2-4H,5-7H2,1H3,(H,17,18)(H2,14,15,16,19). The molecule has 0 aromatic carbocycles. The van der Waals surface area contributed by atoms with E-state index in [1.54, 1.807) is 0 Å². The van der Waals surface area contributed by atoms with E-state index in [4.69, 9.17) is 14.6 Å². The first-order chi connectivity index (χ1) is 10.0. The van der Waals surface area contributed by atoms with Crippen LogP contribution in [0, 0.1) is 0 Å². The molecule has 3 N–H and O–H groups in total. The number of methoxy groups -OCH3 is 1. The minimum Gasteiger partial charge on any atom is -0.481 e. The summed E-state index contributed by atoms with van der Waals surface area (Å²) in [6.07, 6.45) is 1.29. The number of carbonyl (C=O) groups excluding carboxylic acids is 2. The van der Waals surface area contributed by atoms with Gasteiger partial charge >= 0.3 is 12.0 Å². The fourth-order valence-electron chi connectivity index (χ4n) is 1.28. The molecule has 0 aliphatic rings. The van der Waals surface area contributed by atoms with Gasteiger partial charge in [0.05, 0.1) is 6.61 Å². The van der Waals surface area contributed by atoms with Crippen LogP contribution < -0.4 is 15.4 Å². The zero-order chi connectivity index (χ0) is 15.7. The number of amides is 3. The first-order valence-corrected chi connectivity index (χ1v) is 5.92. The Morgan fingerprint density at radius 2 is 2.14 bits per heavy atom. The first-order valence-electron chi connectivity index (χ1n) is 5.92. The molecule has 3 amide bonds. The van der Waals surface area contributed by atoms with E-state index >= 15 is 0 Å². The minimum atomic E-state index is -1.27. The number of hydrogen-bond donors (Lipinski definition) is 3. The van der Waals surface area contributed by atoms with Crippen LogP contribution in [-0.4, -0.2) is 54.9 Å². The van der Waals surface area contributed by atoms with Crippen molar-refractivity contribution >= 4 is 17.9 Å². The summed E-state index contributed by atoms with van der Waals surface area (Å²) < 4.78 is 9.75. The lowest BCUT2D eigenvalue weighted by Crippen LogP contribution is -2.42. The van der Waals surface area contributed by atoms with Gasteiger partial charge in [0.15, 0.2) is 18.1 Å². The Kier molecular flexibility index (Phi) is 6.61. The molecule has 0 aliphatic carbocycles. The quantitative estimate of drug-likeness (QED) is 0.586. The average Bonchev–Trinajstić information content (AvgIpc) is 2.45. The molecule has 1 rings (SSSR count).